The number of anilines is 2. The first-order valence-corrected chi connectivity index (χ1v) is 11.7. The number of methoxy groups -OCH3 is 1. The van der Waals surface area contributed by atoms with Gasteiger partial charge in [0.25, 0.3) is 5.91 Å². The van der Waals surface area contributed by atoms with Gasteiger partial charge in [-0.25, -0.2) is 4.98 Å². The second kappa shape index (κ2) is 8.55. The molecule has 8 nitrogen and oxygen atoms in total. The maximum Gasteiger partial charge on any atom is 0.422 e. The highest BCUT2D eigenvalue weighted by Gasteiger charge is 2.48. The maximum atomic E-state index is 13.1. The Kier molecular flexibility index (Phi) is 5.41. The molecule has 0 saturated heterocycles. The van der Waals surface area contributed by atoms with Crippen LogP contribution in [0, 0.1) is 0 Å². The molecule has 3 aromatic heterocycles. The first kappa shape index (κ1) is 23.4. The summed E-state index contributed by atoms with van der Waals surface area (Å²) in [6.45, 7) is -1.47. The molecule has 2 atom stereocenters. The largest absolute Gasteiger partial charge is 0.493 e. The summed E-state index contributed by atoms with van der Waals surface area (Å²) in [6.07, 6.45) is -2.13. The van der Waals surface area contributed by atoms with E-state index in [1.807, 2.05) is 0 Å². The zero-order valence-corrected chi connectivity index (χ0v) is 20.0. The van der Waals surface area contributed by atoms with E-state index in [1.165, 1.54) is 19.2 Å². The van der Waals surface area contributed by atoms with Crippen LogP contribution in [0.5, 0.6) is 11.6 Å². The molecule has 1 aliphatic heterocycles. The van der Waals surface area contributed by atoms with Crippen LogP contribution in [0.15, 0.2) is 42.6 Å². The van der Waals surface area contributed by atoms with Crippen LogP contribution < -0.4 is 20.1 Å². The Bertz CT molecular complexity index is 1550. The summed E-state index contributed by atoms with van der Waals surface area (Å²) in [6, 6.07) is 9.82. The highest BCUT2D eigenvalue weighted by Crippen LogP contribution is 2.51. The molecule has 1 aromatic carbocycles. The van der Waals surface area contributed by atoms with Crippen LogP contribution in [0.25, 0.3) is 22.3 Å². The molecular weight excluding hydrogens is 511 g/mol. The molecular formula is C25H19ClF3N5O3. The summed E-state index contributed by atoms with van der Waals surface area (Å²) < 4.78 is 48.5. The van der Waals surface area contributed by atoms with Crippen LogP contribution in [0.2, 0.25) is 5.02 Å². The van der Waals surface area contributed by atoms with Gasteiger partial charge in [-0.1, -0.05) is 17.7 Å². The number of alkyl halides is 3. The monoisotopic (exact) mass is 529 g/mol. The molecule has 12 heteroatoms. The summed E-state index contributed by atoms with van der Waals surface area (Å²) in [5.41, 5.74) is 4.05. The van der Waals surface area contributed by atoms with Gasteiger partial charge in [-0.3, -0.25) is 9.78 Å². The topological polar surface area (TPSA) is 101 Å². The first-order valence-electron chi connectivity index (χ1n) is 11.4. The van der Waals surface area contributed by atoms with Gasteiger partial charge in [0.2, 0.25) is 5.88 Å². The Morgan fingerprint density at radius 1 is 1.22 bits per heavy atom. The summed E-state index contributed by atoms with van der Waals surface area (Å²) in [7, 11) is 1.49. The fraction of sp³-hybridized carbons (Fsp3) is 0.240. The van der Waals surface area contributed by atoms with Crippen LogP contribution in [-0.2, 0) is 0 Å². The molecule has 0 radical (unpaired) electrons. The average molecular weight is 530 g/mol. The van der Waals surface area contributed by atoms with Gasteiger partial charge in [0, 0.05) is 35.5 Å². The number of H-pyrrole nitrogens is 1. The van der Waals surface area contributed by atoms with Gasteiger partial charge < -0.3 is 25.1 Å². The van der Waals surface area contributed by atoms with E-state index in [1.54, 1.807) is 30.5 Å². The zero-order chi connectivity index (χ0) is 25.9. The molecule has 190 valence electrons. The smallest absolute Gasteiger partial charge is 0.422 e. The zero-order valence-electron chi connectivity index (χ0n) is 19.2. The molecule has 37 heavy (non-hydrogen) atoms. The Morgan fingerprint density at radius 3 is 2.84 bits per heavy atom. The van der Waals surface area contributed by atoms with E-state index in [4.69, 9.17) is 21.1 Å². The van der Waals surface area contributed by atoms with Crippen molar-refractivity contribution in [3.8, 4) is 22.9 Å². The predicted octanol–water partition coefficient (Wildman–Crippen LogP) is 5.57. The Balaban J connectivity index is 1.52. The Labute approximate surface area is 213 Å². The van der Waals surface area contributed by atoms with Gasteiger partial charge in [0.05, 0.1) is 40.3 Å². The number of nitrogens with one attached hydrogen (secondary N) is 3. The number of rotatable bonds is 6. The number of nitrogens with zero attached hydrogens (tertiary/aromatic N) is 2. The SMILES string of the molecule is COc1c(Cl)cccc1Nc1c(-c2ccnc3ccc(OCC(F)(F)F)nc23)[nH]c2c1C(=O)N[C@@H]1C[C@H]21. The second-order valence-corrected chi connectivity index (χ2v) is 9.22. The lowest BCUT2D eigenvalue weighted by Gasteiger charge is -2.17. The number of hydrogen-bond donors (Lipinski definition) is 3. The summed E-state index contributed by atoms with van der Waals surface area (Å²) in [5.74, 6) is 0.0998. The van der Waals surface area contributed by atoms with Crippen molar-refractivity contribution >= 4 is 39.9 Å². The van der Waals surface area contributed by atoms with Crippen LogP contribution in [-0.4, -0.2) is 46.8 Å². The van der Waals surface area contributed by atoms with Crippen molar-refractivity contribution in [2.75, 3.05) is 19.0 Å². The van der Waals surface area contributed by atoms with Gasteiger partial charge in [0.1, 0.15) is 5.52 Å². The van der Waals surface area contributed by atoms with Crippen molar-refractivity contribution in [1.29, 1.82) is 0 Å². The Morgan fingerprint density at radius 2 is 2.05 bits per heavy atom. The summed E-state index contributed by atoms with van der Waals surface area (Å²) in [5, 5.41) is 6.69. The van der Waals surface area contributed by atoms with E-state index in [0.29, 0.717) is 50.0 Å². The molecule has 1 amide bonds. The molecule has 0 bridgehead atoms. The molecule has 0 unspecified atom stereocenters. The number of halogens is 4. The minimum Gasteiger partial charge on any atom is -0.493 e. The summed E-state index contributed by atoms with van der Waals surface area (Å²) in [4.78, 5) is 25.1. The van der Waals surface area contributed by atoms with Gasteiger partial charge in [-0.05, 0) is 30.7 Å². The number of fused-ring (bicyclic) bond motifs is 4. The first-order chi connectivity index (χ1) is 17.7. The van der Waals surface area contributed by atoms with Crippen molar-refractivity contribution in [1.82, 2.24) is 20.3 Å². The molecule has 4 heterocycles. The molecule has 0 spiro atoms. The third-order valence-corrected chi connectivity index (χ3v) is 6.67. The van der Waals surface area contributed by atoms with Crippen LogP contribution in [0.3, 0.4) is 0 Å². The average Bonchev–Trinajstić information content (AvgIpc) is 3.54. The van der Waals surface area contributed by atoms with Crippen molar-refractivity contribution < 1.29 is 27.4 Å². The fourth-order valence-corrected chi connectivity index (χ4v) is 4.92. The number of carbonyl (C=O) groups is 1. The highest BCUT2D eigenvalue weighted by molar-refractivity contribution is 6.32. The second-order valence-electron chi connectivity index (χ2n) is 8.81. The van der Waals surface area contributed by atoms with E-state index < -0.39 is 12.8 Å². The number of benzene rings is 1. The van der Waals surface area contributed by atoms with Crippen molar-refractivity contribution in [2.45, 2.75) is 24.6 Å². The van der Waals surface area contributed by atoms with Gasteiger partial charge >= 0.3 is 6.18 Å². The van der Waals surface area contributed by atoms with Crippen LogP contribution in [0.1, 0.15) is 28.4 Å². The number of para-hydroxylation sites is 1. The minimum atomic E-state index is -4.51. The van der Waals surface area contributed by atoms with E-state index in [9.17, 15) is 18.0 Å². The number of ether oxygens (including phenoxy) is 2. The molecule has 3 N–H and O–H groups in total. The number of aromatic amines is 1. The number of carbonyl (C=O) groups excluding carboxylic acids is 1. The third-order valence-electron chi connectivity index (χ3n) is 6.38. The van der Waals surface area contributed by atoms with Crippen molar-refractivity contribution in [3.05, 3.63) is 58.9 Å². The van der Waals surface area contributed by atoms with E-state index >= 15 is 0 Å². The predicted molar refractivity (Wildman–Crippen MR) is 131 cm³/mol. The molecule has 1 aliphatic carbocycles. The van der Waals surface area contributed by atoms with Crippen molar-refractivity contribution in [2.24, 2.45) is 0 Å². The quantitative estimate of drug-likeness (QED) is 0.302. The number of amides is 1. The lowest BCUT2D eigenvalue weighted by atomic mass is 10.0. The van der Waals surface area contributed by atoms with Gasteiger partial charge in [0.15, 0.2) is 12.4 Å². The number of hydrogen-bond acceptors (Lipinski definition) is 6. The van der Waals surface area contributed by atoms with E-state index in [2.05, 4.69) is 25.6 Å². The third kappa shape index (κ3) is 4.18. The van der Waals surface area contributed by atoms with Crippen molar-refractivity contribution in [3.63, 3.8) is 0 Å². The molecule has 1 saturated carbocycles. The number of pyridine rings is 2. The maximum absolute atomic E-state index is 13.1. The Hall–Kier alpha value is -3.99. The lowest BCUT2D eigenvalue weighted by molar-refractivity contribution is -0.154. The standard InChI is InChI=1S/C25H19ClF3N5O3/c1-36-23-13(26)3-2-4-15(23)31-22-18-20(12-9-16(12)32-24(18)35)34-21(22)11-7-8-30-14-5-6-17(33-19(11)14)37-10-25(27,28)29/h2-8,12,16,31,34H,9-10H2,1H3,(H,32,35)/t12-,16+/m0/s1. The van der Waals surface area contributed by atoms with Gasteiger partial charge in [-0.2, -0.15) is 13.2 Å². The van der Waals surface area contributed by atoms with Gasteiger partial charge in [-0.15, -0.1) is 0 Å². The van der Waals surface area contributed by atoms with E-state index in [-0.39, 0.29) is 23.7 Å². The normalized spacial score (nSPS) is 18.1. The lowest BCUT2D eigenvalue weighted by Crippen LogP contribution is -2.31. The number of aromatic nitrogens is 3. The molecule has 4 aromatic rings. The van der Waals surface area contributed by atoms with Crippen LogP contribution in [0.4, 0.5) is 24.5 Å². The molecule has 1 fully saturated rings. The minimum absolute atomic E-state index is 0.0646. The molecule has 6 rings (SSSR count). The van der Waals surface area contributed by atoms with Crippen LogP contribution >= 0.6 is 11.6 Å². The highest BCUT2D eigenvalue weighted by atomic mass is 35.5. The fourth-order valence-electron chi connectivity index (χ4n) is 4.67. The molecule has 2 aliphatic rings. The van der Waals surface area contributed by atoms with E-state index in [0.717, 1.165) is 12.1 Å². The summed E-state index contributed by atoms with van der Waals surface area (Å²) >= 11 is 6.32.